The summed E-state index contributed by atoms with van der Waals surface area (Å²) in [6, 6.07) is 3.43. The smallest absolute Gasteiger partial charge is 0.340 e. The molecule has 0 fully saturated rings. The molecule has 0 unspecified atom stereocenters. The van der Waals surface area contributed by atoms with Crippen LogP contribution in [0.2, 0.25) is 5.15 Å². The lowest BCUT2D eigenvalue weighted by Crippen LogP contribution is -2.08. The molecule has 0 aliphatic carbocycles. The van der Waals surface area contributed by atoms with Crippen LogP contribution in [0.3, 0.4) is 0 Å². The van der Waals surface area contributed by atoms with Crippen molar-refractivity contribution in [1.29, 1.82) is 0 Å². The molecule has 5 nitrogen and oxygen atoms in total. The molecular weight excluding hydrogens is 292 g/mol. The number of nitrogens with zero attached hydrogens (tertiary/aromatic N) is 2. The van der Waals surface area contributed by atoms with Crippen LogP contribution in [-0.2, 0) is 4.74 Å². The number of pyridine rings is 2. The number of esters is 1. The molecule has 0 saturated carbocycles. The first-order valence-electron chi connectivity index (χ1n) is 6.41. The lowest BCUT2D eigenvalue weighted by Gasteiger charge is -2.15. The van der Waals surface area contributed by atoms with Gasteiger partial charge in [0.1, 0.15) is 10.9 Å². The van der Waals surface area contributed by atoms with Crippen LogP contribution in [-0.4, -0.2) is 29.7 Å². The van der Waals surface area contributed by atoms with Gasteiger partial charge in [-0.25, -0.2) is 9.78 Å². The van der Waals surface area contributed by atoms with Gasteiger partial charge in [0.25, 0.3) is 0 Å². The molecule has 2 rings (SSSR count). The number of hydrogen-bond donors (Lipinski definition) is 0. The zero-order chi connectivity index (χ0) is 15.4. The maximum absolute atomic E-state index is 12.0. The van der Waals surface area contributed by atoms with E-state index in [4.69, 9.17) is 21.1 Å². The summed E-state index contributed by atoms with van der Waals surface area (Å²) in [7, 11) is 1.33. The number of aryl methyl sites for hydroxylation is 1. The van der Waals surface area contributed by atoms with Gasteiger partial charge in [0.15, 0.2) is 0 Å². The second-order valence-corrected chi connectivity index (χ2v) is 4.64. The molecule has 0 atom stereocenters. The van der Waals surface area contributed by atoms with Crippen molar-refractivity contribution in [3.05, 3.63) is 40.9 Å². The molecular formula is C15H15ClN2O3. The van der Waals surface area contributed by atoms with E-state index in [-0.39, 0.29) is 0 Å². The average molecular weight is 307 g/mol. The summed E-state index contributed by atoms with van der Waals surface area (Å²) < 4.78 is 10.5. The number of methoxy groups -OCH3 is 1. The molecule has 2 aromatic rings. The minimum absolute atomic E-state index is 0.328. The summed E-state index contributed by atoms with van der Waals surface area (Å²) in [4.78, 5) is 20.1. The Balaban J connectivity index is 2.74. The Bertz CT molecular complexity index is 674. The fourth-order valence-electron chi connectivity index (χ4n) is 2.02. The number of carbonyl (C=O) groups is 1. The second kappa shape index (κ2) is 6.54. The van der Waals surface area contributed by atoms with E-state index in [1.807, 2.05) is 13.8 Å². The van der Waals surface area contributed by atoms with Crippen LogP contribution in [0.5, 0.6) is 5.75 Å². The van der Waals surface area contributed by atoms with Gasteiger partial charge in [0, 0.05) is 18.0 Å². The van der Waals surface area contributed by atoms with Gasteiger partial charge in [-0.15, -0.1) is 0 Å². The highest BCUT2D eigenvalue weighted by atomic mass is 35.5. The monoisotopic (exact) mass is 306 g/mol. The van der Waals surface area contributed by atoms with Gasteiger partial charge >= 0.3 is 5.97 Å². The lowest BCUT2D eigenvalue weighted by atomic mass is 10.0. The van der Waals surface area contributed by atoms with E-state index in [9.17, 15) is 4.79 Å². The number of hydrogen-bond acceptors (Lipinski definition) is 5. The molecule has 0 N–H and O–H groups in total. The lowest BCUT2D eigenvalue weighted by molar-refractivity contribution is 0.0600. The summed E-state index contributed by atoms with van der Waals surface area (Å²) in [5.41, 5.74) is 2.35. The molecule has 2 aromatic heterocycles. The third-order valence-electron chi connectivity index (χ3n) is 2.92. The maximum Gasteiger partial charge on any atom is 0.340 e. The fraction of sp³-hybridized carbons (Fsp3) is 0.267. The molecule has 0 spiro atoms. The zero-order valence-electron chi connectivity index (χ0n) is 12.0. The van der Waals surface area contributed by atoms with Crippen LogP contribution in [0.4, 0.5) is 0 Å². The number of carbonyl (C=O) groups excluding carboxylic acids is 1. The molecule has 0 saturated heterocycles. The molecule has 110 valence electrons. The average Bonchev–Trinajstić information content (AvgIpc) is 2.48. The maximum atomic E-state index is 12.0. The molecule has 0 aromatic carbocycles. The molecule has 0 amide bonds. The third-order valence-corrected chi connectivity index (χ3v) is 3.13. The first kappa shape index (κ1) is 15.3. The molecule has 0 bridgehead atoms. The summed E-state index contributed by atoms with van der Waals surface area (Å²) in [6.45, 7) is 4.14. The van der Waals surface area contributed by atoms with Crippen molar-refractivity contribution in [3.8, 4) is 16.9 Å². The van der Waals surface area contributed by atoms with Crippen LogP contribution in [0.25, 0.3) is 11.1 Å². The van der Waals surface area contributed by atoms with Gasteiger partial charge in [-0.1, -0.05) is 11.6 Å². The minimum Gasteiger partial charge on any atom is -0.491 e. The van der Waals surface area contributed by atoms with Crippen molar-refractivity contribution in [2.45, 2.75) is 13.8 Å². The second-order valence-electron chi connectivity index (χ2n) is 4.25. The number of aromatic nitrogens is 2. The molecule has 0 aliphatic heterocycles. The van der Waals surface area contributed by atoms with Crippen LogP contribution in [0.15, 0.2) is 24.5 Å². The van der Waals surface area contributed by atoms with Gasteiger partial charge in [-0.2, -0.15) is 0 Å². The van der Waals surface area contributed by atoms with Crippen molar-refractivity contribution < 1.29 is 14.3 Å². The Morgan fingerprint density at radius 1 is 1.38 bits per heavy atom. The van der Waals surface area contributed by atoms with Crippen molar-refractivity contribution in [1.82, 2.24) is 9.97 Å². The number of ether oxygens (including phenoxy) is 2. The first-order chi connectivity index (χ1) is 10.1. The molecule has 21 heavy (non-hydrogen) atoms. The van der Waals surface area contributed by atoms with Crippen LogP contribution < -0.4 is 4.74 Å². The van der Waals surface area contributed by atoms with E-state index in [0.29, 0.717) is 34.3 Å². The first-order valence-corrected chi connectivity index (χ1v) is 6.78. The predicted molar refractivity (Wildman–Crippen MR) is 79.7 cm³/mol. The van der Waals surface area contributed by atoms with Gasteiger partial charge in [-0.3, -0.25) is 4.98 Å². The molecule has 0 radical (unpaired) electrons. The Morgan fingerprint density at radius 2 is 2.14 bits per heavy atom. The zero-order valence-corrected chi connectivity index (χ0v) is 12.8. The Hall–Kier alpha value is -2.14. The summed E-state index contributed by atoms with van der Waals surface area (Å²) in [6.07, 6.45) is 3.05. The normalized spacial score (nSPS) is 10.3. The van der Waals surface area contributed by atoms with E-state index >= 15 is 0 Å². The highest BCUT2D eigenvalue weighted by Gasteiger charge is 2.21. The van der Waals surface area contributed by atoms with Crippen molar-refractivity contribution >= 4 is 17.6 Å². The summed E-state index contributed by atoms with van der Waals surface area (Å²) in [5, 5.41) is 0.334. The fourth-order valence-corrected chi connectivity index (χ4v) is 2.19. The highest BCUT2D eigenvalue weighted by Crippen LogP contribution is 2.36. The Labute approximate surface area is 127 Å². The predicted octanol–water partition coefficient (Wildman–Crippen LogP) is 3.29. The summed E-state index contributed by atoms with van der Waals surface area (Å²) in [5.74, 6) is 0.0639. The van der Waals surface area contributed by atoms with E-state index in [0.717, 1.165) is 5.56 Å². The van der Waals surface area contributed by atoms with Crippen LogP contribution in [0.1, 0.15) is 23.0 Å². The van der Waals surface area contributed by atoms with Crippen LogP contribution in [0, 0.1) is 6.92 Å². The quantitative estimate of drug-likeness (QED) is 0.640. The molecule has 0 aliphatic rings. The van der Waals surface area contributed by atoms with E-state index in [1.165, 1.54) is 13.3 Å². The minimum atomic E-state index is -0.480. The standard InChI is InChI=1S/C15H15ClN2O3/c1-4-21-14-9(2)18-8-11(15(19)20-3)13(14)10-5-6-17-12(16)7-10/h5-8H,4H2,1-3H3. The van der Waals surface area contributed by atoms with E-state index in [1.54, 1.807) is 18.3 Å². The number of halogens is 1. The van der Waals surface area contributed by atoms with Gasteiger partial charge in [0.05, 0.1) is 25.0 Å². The number of rotatable bonds is 4. The van der Waals surface area contributed by atoms with Gasteiger partial charge in [0.2, 0.25) is 0 Å². The Kier molecular flexibility index (Phi) is 4.75. The van der Waals surface area contributed by atoms with Gasteiger partial charge in [-0.05, 0) is 31.5 Å². The van der Waals surface area contributed by atoms with Gasteiger partial charge < -0.3 is 9.47 Å². The summed E-state index contributed by atoms with van der Waals surface area (Å²) >= 11 is 5.95. The van der Waals surface area contributed by atoms with Crippen molar-refractivity contribution in [3.63, 3.8) is 0 Å². The molecule has 2 heterocycles. The Morgan fingerprint density at radius 3 is 2.76 bits per heavy atom. The van der Waals surface area contributed by atoms with Crippen molar-refractivity contribution in [2.24, 2.45) is 0 Å². The van der Waals surface area contributed by atoms with E-state index in [2.05, 4.69) is 9.97 Å². The third kappa shape index (κ3) is 3.13. The highest BCUT2D eigenvalue weighted by molar-refractivity contribution is 6.29. The van der Waals surface area contributed by atoms with Crippen LogP contribution >= 0.6 is 11.6 Å². The van der Waals surface area contributed by atoms with E-state index < -0.39 is 5.97 Å². The topological polar surface area (TPSA) is 61.3 Å². The SMILES string of the molecule is CCOc1c(C)ncc(C(=O)OC)c1-c1ccnc(Cl)c1. The van der Waals surface area contributed by atoms with Crippen molar-refractivity contribution in [2.75, 3.05) is 13.7 Å². The largest absolute Gasteiger partial charge is 0.491 e. The molecule has 6 heteroatoms.